The van der Waals surface area contributed by atoms with Crippen molar-refractivity contribution >= 4 is 5.91 Å². The number of carbonyl (C=O) groups excluding carboxylic acids is 1. The van der Waals surface area contributed by atoms with Gasteiger partial charge in [0.2, 0.25) is 5.91 Å². The summed E-state index contributed by atoms with van der Waals surface area (Å²) in [7, 11) is 0. The molecule has 21 heavy (non-hydrogen) atoms. The van der Waals surface area contributed by atoms with Crippen LogP contribution >= 0.6 is 0 Å². The molecule has 2 aliphatic rings. The molecule has 1 fully saturated rings. The van der Waals surface area contributed by atoms with Crippen molar-refractivity contribution in [1.29, 1.82) is 0 Å². The first-order chi connectivity index (χ1) is 10.2. The Kier molecular flexibility index (Phi) is 4.24. The van der Waals surface area contributed by atoms with Crippen LogP contribution in [0.4, 0.5) is 0 Å². The fourth-order valence-electron chi connectivity index (χ4n) is 3.28. The fourth-order valence-corrected chi connectivity index (χ4v) is 3.28. The Hall–Kier alpha value is -1.43. The van der Waals surface area contributed by atoms with Crippen LogP contribution in [0.15, 0.2) is 24.3 Å². The van der Waals surface area contributed by atoms with E-state index < -0.39 is 6.10 Å². The van der Waals surface area contributed by atoms with Crippen molar-refractivity contribution in [3.63, 3.8) is 0 Å². The minimum Gasteiger partial charge on any atom is -0.390 e. The molecule has 4 atom stereocenters. The lowest BCUT2D eigenvalue weighted by atomic mass is 10.0. The van der Waals surface area contributed by atoms with E-state index in [-0.39, 0.29) is 23.9 Å². The summed E-state index contributed by atoms with van der Waals surface area (Å²) < 4.78 is 5.42. The number of likely N-dealkylation sites (N-methyl/N-ethyl adjacent to an activating group) is 1. The highest BCUT2D eigenvalue weighted by atomic mass is 16.5. The molecule has 1 amide bonds. The average molecular weight is 290 g/mol. The molecule has 3 N–H and O–H groups in total. The van der Waals surface area contributed by atoms with Crippen molar-refractivity contribution in [1.82, 2.24) is 10.6 Å². The van der Waals surface area contributed by atoms with Crippen molar-refractivity contribution in [3.05, 3.63) is 35.4 Å². The maximum atomic E-state index is 12.5. The Labute approximate surface area is 124 Å². The van der Waals surface area contributed by atoms with E-state index in [2.05, 4.69) is 10.6 Å². The van der Waals surface area contributed by atoms with Gasteiger partial charge in [-0.15, -0.1) is 0 Å². The number of nitrogens with one attached hydrogen (secondary N) is 2. The third-order valence-electron chi connectivity index (χ3n) is 4.39. The predicted molar refractivity (Wildman–Crippen MR) is 78.8 cm³/mol. The lowest BCUT2D eigenvalue weighted by Gasteiger charge is -2.23. The van der Waals surface area contributed by atoms with Gasteiger partial charge >= 0.3 is 0 Å². The molecular formula is C16H22N2O3. The lowest BCUT2D eigenvalue weighted by Crippen LogP contribution is -2.46. The number of benzene rings is 1. The number of ether oxygens (including phenoxy) is 1. The molecule has 2 unspecified atom stereocenters. The number of carbonyl (C=O) groups is 1. The Bertz CT molecular complexity index is 520. The number of aliphatic hydroxyl groups excluding tert-OH is 1. The van der Waals surface area contributed by atoms with E-state index in [9.17, 15) is 9.90 Å². The van der Waals surface area contributed by atoms with E-state index in [4.69, 9.17) is 4.74 Å². The van der Waals surface area contributed by atoms with Crippen molar-refractivity contribution in [3.8, 4) is 0 Å². The Balaban J connectivity index is 1.70. The average Bonchev–Trinajstić information content (AvgIpc) is 3.05. The van der Waals surface area contributed by atoms with Gasteiger partial charge in [-0.2, -0.15) is 0 Å². The zero-order valence-corrected chi connectivity index (χ0v) is 12.2. The minimum absolute atomic E-state index is 0.0424. The van der Waals surface area contributed by atoms with Crippen molar-refractivity contribution < 1.29 is 14.6 Å². The van der Waals surface area contributed by atoms with E-state index in [0.29, 0.717) is 19.6 Å². The SMILES string of the molecule is CCNC1COCC1C(=O)N[C@@H]1c2ccccc2C[C@@H]1O. The predicted octanol–water partition coefficient (Wildman–Crippen LogP) is 0.385. The number of hydrogen-bond donors (Lipinski definition) is 3. The first kappa shape index (κ1) is 14.5. The van der Waals surface area contributed by atoms with Gasteiger partial charge in [-0.3, -0.25) is 4.79 Å². The second-order valence-electron chi connectivity index (χ2n) is 5.76. The normalized spacial score (nSPS) is 31.1. The minimum atomic E-state index is -0.550. The molecular weight excluding hydrogens is 268 g/mol. The summed E-state index contributed by atoms with van der Waals surface area (Å²) in [5, 5.41) is 16.5. The number of aliphatic hydroxyl groups is 1. The number of rotatable bonds is 4. The van der Waals surface area contributed by atoms with Crippen LogP contribution in [-0.2, 0) is 16.0 Å². The lowest BCUT2D eigenvalue weighted by molar-refractivity contribution is -0.127. The first-order valence-corrected chi connectivity index (χ1v) is 7.58. The number of amides is 1. The topological polar surface area (TPSA) is 70.6 Å². The zero-order valence-electron chi connectivity index (χ0n) is 12.2. The standard InChI is InChI=1S/C16H22N2O3/c1-2-17-13-9-21-8-12(13)16(20)18-15-11-6-4-3-5-10(11)7-14(15)19/h3-6,12-15,17,19H,2,7-9H2,1H3,(H,18,20)/t12?,13?,14-,15+/m0/s1. The van der Waals surface area contributed by atoms with Gasteiger partial charge in [0, 0.05) is 12.5 Å². The van der Waals surface area contributed by atoms with Crippen molar-refractivity contribution in [2.45, 2.75) is 31.5 Å². The molecule has 5 heteroatoms. The summed E-state index contributed by atoms with van der Waals surface area (Å²) in [6, 6.07) is 7.63. The molecule has 1 aromatic rings. The molecule has 0 radical (unpaired) electrons. The van der Waals surface area contributed by atoms with Crippen LogP contribution in [-0.4, -0.2) is 42.9 Å². The van der Waals surface area contributed by atoms with Gasteiger partial charge in [0.15, 0.2) is 0 Å². The molecule has 1 aliphatic carbocycles. The van der Waals surface area contributed by atoms with Crippen LogP contribution < -0.4 is 10.6 Å². The van der Waals surface area contributed by atoms with E-state index in [1.165, 1.54) is 0 Å². The largest absolute Gasteiger partial charge is 0.390 e. The summed E-state index contributed by atoms with van der Waals surface area (Å²) in [5.41, 5.74) is 2.14. The fraction of sp³-hybridized carbons (Fsp3) is 0.562. The first-order valence-electron chi connectivity index (χ1n) is 7.58. The van der Waals surface area contributed by atoms with Crippen molar-refractivity contribution in [2.24, 2.45) is 5.92 Å². The summed E-state index contributed by atoms with van der Waals surface area (Å²) in [6.45, 7) is 3.83. The highest BCUT2D eigenvalue weighted by Gasteiger charge is 2.37. The van der Waals surface area contributed by atoms with Crippen LogP contribution in [0.5, 0.6) is 0 Å². The van der Waals surface area contributed by atoms with E-state index in [1.54, 1.807) is 0 Å². The molecule has 5 nitrogen and oxygen atoms in total. The van der Waals surface area contributed by atoms with Gasteiger partial charge in [0.1, 0.15) is 0 Å². The Morgan fingerprint density at radius 1 is 1.38 bits per heavy atom. The molecule has 1 aromatic carbocycles. The highest BCUT2D eigenvalue weighted by molar-refractivity contribution is 5.80. The van der Waals surface area contributed by atoms with Gasteiger partial charge in [-0.1, -0.05) is 31.2 Å². The summed E-state index contributed by atoms with van der Waals surface area (Å²) in [6.07, 6.45) is 0.0464. The molecule has 0 aromatic heterocycles. The van der Waals surface area contributed by atoms with Crippen LogP contribution in [0.25, 0.3) is 0 Å². The maximum Gasteiger partial charge on any atom is 0.227 e. The highest BCUT2D eigenvalue weighted by Crippen LogP contribution is 2.31. The quantitative estimate of drug-likeness (QED) is 0.750. The molecule has 114 valence electrons. The van der Waals surface area contributed by atoms with E-state index in [0.717, 1.165) is 17.7 Å². The third-order valence-corrected chi connectivity index (χ3v) is 4.39. The van der Waals surface area contributed by atoms with Gasteiger partial charge in [-0.05, 0) is 17.7 Å². The van der Waals surface area contributed by atoms with Crippen LogP contribution in [0.1, 0.15) is 24.1 Å². The molecule has 1 saturated heterocycles. The maximum absolute atomic E-state index is 12.5. The molecule has 1 heterocycles. The summed E-state index contributed by atoms with van der Waals surface area (Å²) >= 11 is 0. The second-order valence-corrected chi connectivity index (χ2v) is 5.76. The van der Waals surface area contributed by atoms with Gasteiger partial charge < -0.3 is 20.5 Å². The smallest absolute Gasteiger partial charge is 0.227 e. The van der Waals surface area contributed by atoms with Gasteiger partial charge in [-0.25, -0.2) is 0 Å². The molecule has 0 spiro atoms. The summed E-state index contributed by atoms with van der Waals surface area (Å²) in [5.74, 6) is -0.232. The van der Waals surface area contributed by atoms with Crippen LogP contribution in [0.3, 0.4) is 0 Å². The van der Waals surface area contributed by atoms with Gasteiger partial charge in [0.05, 0.1) is 31.3 Å². The summed E-state index contributed by atoms with van der Waals surface area (Å²) in [4.78, 5) is 12.5. The molecule has 1 aliphatic heterocycles. The van der Waals surface area contributed by atoms with Crippen LogP contribution in [0, 0.1) is 5.92 Å². The molecule has 3 rings (SSSR count). The van der Waals surface area contributed by atoms with Crippen LogP contribution in [0.2, 0.25) is 0 Å². The van der Waals surface area contributed by atoms with E-state index >= 15 is 0 Å². The van der Waals surface area contributed by atoms with Gasteiger partial charge in [0.25, 0.3) is 0 Å². The molecule has 0 bridgehead atoms. The third kappa shape index (κ3) is 2.81. The Morgan fingerprint density at radius 3 is 3.00 bits per heavy atom. The van der Waals surface area contributed by atoms with Crippen molar-refractivity contribution in [2.75, 3.05) is 19.8 Å². The number of hydrogen-bond acceptors (Lipinski definition) is 4. The monoisotopic (exact) mass is 290 g/mol. The molecule has 0 saturated carbocycles. The second kappa shape index (κ2) is 6.13. The number of fused-ring (bicyclic) bond motifs is 1. The zero-order chi connectivity index (χ0) is 14.8. The van der Waals surface area contributed by atoms with E-state index in [1.807, 2.05) is 31.2 Å². The Morgan fingerprint density at radius 2 is 2.19 bits per heavy atom.